The Kier molecular flexibility index (Phi) is 4.72. The first-order valence-electron chi connectivity index (χ1n) is 4.76. The second kappa shape index (κ2) is 6.34. The number of amides is 2. The third kappa shape index (κ3) is 4.90. The average Bonchev–Trinajstić information content (AvgIpc) is 2.25. The van der Waals surface area contributed by atoms with Crippen LogP contribution in [0.2, 0.25) is 0 Å². The fraction of sp³-hybridized carbons (Fsp3) is 0.182. The summed E-state index contributed by atoms with van der Waals surface area (Å²) in [6, 6.07) is 7.99. The molecule has 1 aromatic carbocycles. The van der Waals surface area contributed by atoms with E-state index >= 15 is 0 Å². The van der Waals surface area contributed by atoms with Gasteiger partial charge in [0, 0.05) is 6.21 Å². The number of aliphatic imine (C=N–C) groups is 1. The smallest absolute Gasteiger partial charge is 0.337 e. The molecule has 0 radical (unpaired) electrons. The average molecular weight is 220 g/mol. The number of carbonyl (C=O) groups is 2. The van der Waals surface area contributed by atoms with Crippen LogP contribution in [0.15, 0.2) is 35.3 Å². The van der Waals surface area contributed by atoms with Crippen molar-refractivity contribution in [2.45, 2.75) is 12.8 Å². The molecular formula is C11H12N2O3. The van der Waals surface area contributed by atoms with Gasteiger partial charge in [0.15, 0.2) is 0 Å². The summed E-state index contributed by atoms with van der Waals surface area (Å²) in [6.07, 6.45) is 1.79. The molecule has 84 valence electrons. The Balaban J connectivity index is 2.29. The van der Waals surface area contributed by atoms with Crippen molar-refractivity contribution in [1.82, 2.24) is 0 Å². The van der Waals surface area contributed by atoms with Gasteiger partial charge in [0.1, 0.15) is 5.75 Å². The second-order valence-electron chi connectivity index (χ2n) is 2.98. The number of nitrogens with zero attached hydrogens (tertiary/aromatic N) is 1. The predicted molar refractivity (Wildman–Crippen MR) is 59.4 cm³/mol. The van der Waals surface area contributed by atoms with Gasteiger partial charge in [-0.05, 0) is 18.6 Å². The van der Waals surface area contributed by atoms with Crippen LogP contribution in [-0.4, -0.2) is 18.2 Å². The van der Waals surface area contributed by atoms with Gasteiger partial charge in [-0.3, -0.25) is 4.79 Å². The van der Waals surface area contributed by atoms with Crippen molar-refractivity contribution < 1.29 is 14.3 Å². The van der Waals surface area contributed by atoms with Gasteiger partial charge in [-0.15, -0.1) is 0 Å². The lowest BCUT2D eigenvalue weighted by molar-refractivity contribution is -0.134. The van der Waals surface area contributed by atoms with Gasteiger partial charge in [-0.25, -0.2) is 9.79 Å². The van der Waals surface area contributed by atoms with E-state index in [2.05, 4.69) is 4.99 Å². The number of ether oxygens (including phenoxy) is 1. The van der Waals surface area contributed by atoms with Gasteiger partial charge >= 0.3 is 12.0 Å². The van der Waals surface area contributed by atoms with E-state index in [9.17, 15) is 9.59 Å². The summed E-state index contributed by atoms with van der Waals surface area (Å²) in [5.74, 6) is 0.126. The summed E-state index contributed by atoms with van der Waals surface area (Å²) in [7, 11) is 0. The number of hydrogen-bond donors (Lipinski definition) is 1. The lowest BCUT2D eigenvalue weighted by atomic mass is 10.3. The summed E-state index contributed by atoms with van der Waals surface area (Å²) in [5, 5.41) is 0. The van der Waals surface area contributed by atoms with E-state index in [4.69, 9.17) is 10.5 Å². The van der Waals surface area contributed by atoms with Crippen LogP contribution in [0.5, 0.6) is 5.75 Å². The van der Waals surface area contributed by atoms with Gasteiger partial charge < -0.3 is 10.5 Å². The molecule has 2 amide bonds. The molecule has 0 spiro atoms. The van der Waals surface area contributed by atoms with Crippen molar-refractivity contribution in [3.8, 4) is 5.75 Å². The maximum absolute atomic E-state index is 11.3. The summed E-state index contributed by atoms with van der Waals surface area (Å²) in [4.78, 5) is 24.8. The minimum absolute atomic E-state index is 0.158. The van der Waals surface area contributed by atoms with E-state index < -0.39 is 6.03 Å². The number of benzene rings is 1. The maximum atomic E-state index is 11.3. The van der Waals surface area contributed by atoms with Crippen molar-refractivity contribution in [2.24, 2.45) is 10.7 Å². The number of urea groups is 1. The molecule has 0 aliphatic rings. The van der Waals surface area contributed by atoms with Crippen LogP contribution in [0.1, 0.15) is 12.8 Å². The molecule has 1 aromatic rings. The molecule has 5 nitrogen and oxygen atoms in total. The quantitative estimate of drug-likeness (QED) is 0.474. The van der Waals surface area contributed by atoms with Crippen molar-refractivity contribution in [2.75, 3.05) is 0 Å². The molecular weight excluding hydrogens is 208 g/mol. The molecule has 0 bridgehead atoms. The normalized spacial score (nSPS) is 10.2. The van der Waals surface area contributed by atoms with Gasteiger partial charge in [0.25, 0.3) is 0 Å². The van der Waals surface area contributed by atoms with Crippen LogP contribution in [-0.2, 0) is 4.79 Å². The number of rotatable bonds is 4. The minimum atomic E-state index is -0.767. The Bertz CT molecular complexity index is 387. The third-order valence-corrected chi connectivity index (χ3v) is 1.67. The Morgan fingerprint density at radius 2 is 2.00 bits per heavy atom. The highest BCUT2D eigenvalue weighted by atomic mass is 16.5. The predicted octanol–water partition coefficient (Wildman–Crippen LogP) is 1.52. The first-order chi connectivity index (χ1) is 7.68. The van der Waals surface area contributed by atoms with Gasteiger partial charge in [0.05, 0.1) is 6.42 Å². The lowest BCUT2D eigenvalue weighted by Gasteiger charge is -2.01. The highest BCUT2D eigenvalue weighted by Crippen LogP contribution is 2.09. The zero-order chi connectivity index (χ0) is 11.8. The number of primary amides is 1. The molecule has 0 unspecified atom stereocenters. The van der Waals surface area contributed by atoms with Crippen LogP contribution in [0, 0.1) is 0 Å². The van der Waals surface area contributed by atoms with E-state index in [0.717, 1.165) is 0 Å². The van der Waals surface area contributed by atoms with Crippen molar-refractivity contribution in [3.63, 3.8) is 0 Å². The van der Waals surface area contributed by atoms with Gasteiger partial charge in [0.2, 0.25) is 0 Å². The SMILES string of the molecule is NC(=O)N=CCCC(=O)Oc1ccccc1. The maximum Gasteiger partial charge on any atom is 0.337 e. The second-order valence-corrected chi connectivity index (χ2v) is 2.98. The van der Waals surface area contributed by atoms with E-state index in [-0.39, 0.29) is 12.4 Å². The fourth-order valence-corrected chi connectivity index (χ4v) is 1.01. The molecule has 0 atom stereocenters. The molecule has 5 heteroatoms. The highest BCUT2D eigenvalue weighted by molar-refractivity contribution is 5.83. The summed E-state index contributed by atoms with van der Waals surface area (Å²) in [5.41, 5.74) is 4.78. The monoisotopic (exact) mass is 220 g/mol. The van der Waals surface area contributed by atoms with Crippen molar-refractivity contribution in [1.29, 1.82) is 0 Å². The Morgan fingerprint density at radius 1 is 1.31 bits per heavy atom. The van der Waals surface area contributed by atoms with E-state index in [1.165, 1.54) is 6.21 Å². The van der Waals surface area contributed by atoms with Crippen molar-refractivity contribution >= 4 is 18.2 Å². The summed E-state index contributed by atoms with van der Waals surface area (Å²) < 4.78 is 5.00. The Labute approximate surface area is 92.9 Å². The summed E-state index contributed by atoms with van der Waals surface area (Å²) >= 11 is 0. The largest absolute Gasteiger partial charge is 0.427 e. The van der Waals surface area contributed by atoms with Crippen LogP contribution in [0.25, 0.3) is 0 Å². The molecule has 0 heterocycles. The van der Waals surface area contributed by atoms with Crippen LogP contribution in [0.4, 0.5) is 4.79 Å². The fourth-order valence-electron chi connectivity index (χ4n) is 1.01. The standard InChI is InChI=1S/C11H12N2O3/c12-11(15)13-8-4-7-10(14)16-9-5-2-1-3-6-9/h1-3,5-6,8H,4,7H2,(H2,12,15). The first kappa shape index (κ1) is 11.9. The van der Waals surface area contributed by atoms with Crippen LogP contribution in [0.3, 0.4) is 0 Å². The number of nitrogens with two attached hydrogens (primary N) is 1. The lowest BCUT2D eigenvalue weighted by Crippen LogP contribution is -2.08. The molecule has 0 aromatic heterocycles. The number of esters is 1. The topological polar surface area (TPSA) is 81.8 Å². The molecule has 0 fully saturated rings. The third-order valence-electron chi connectivity index (χ3n) is 1.67. The van der Waals surface area contributed by atoms with E-state index in [0.29, 0.717) is 12.2 Å². The molecule has 1 rings (SSSR count). The van der Waals surface area contributed by atoms with Crippen LogP contribution >= 0.6 is 0 Å². The zero-order valence-electron chi connectivity index (χ0n) is 8.63. The molecule has 2 N–H and O–H groups in total. The van der Waals surface area contributed by atoms with Crippen LogP contribution < -0.4 is 10.5 Å². The van der Waals surface area contributed by atoms with Crippen molar-refractivity contribution in [3.05, 3.63) is 30.3 Å². The molecule has 0 aliphatic heterocycles. The molecule has 0 saturated heterocycles. The van der Waals surface area contributed by atoms with Gasteiger partial charge in [-0.1, -0.05) is 18.2 Å². The Morgan fingerprint density at radius 3 is 2.62 bits per heavy atom. The zero-order valence-corrected chi connectivity index (χ0v) is 8.63. The number of carbonyl (C=O) groups excluding carboxylic acids is 2. The Hall–Kier alpha value is -2.17. The molecule has 0 saturated carbocycles. The summed E-state index contributed by atoms with van der Waals surface area (Å²) in [6.45, 7) is 0. The number of hydrogen-bond acceptors (Lipinski definition) is 3. The highest BCUT2D eigenvalue weighted by Gasteiger charge is 2.02. The molecule has 0 aliphatic carbocycles. The van der Waals surface area contributed by atoms with E-state index in [1.54, 1.807) is 24.3 Å². The number of para-hydroxylation sites is 1. The van der Waals surface area contributed by atoms with E-state index in [1.807, 2.05) is 6.07 Å². The molecule has 16 heavy (non-hydrogen) atoms. The van der Waals surface area contributed by atoms with Gasteiger partial charge in [-0.2, -0.15) is 0 Å². The minimum Gasteiger partial charge on any atom is -0.427 e. The first-order valence-corrected chi connectivity index (χ1v) is 4.76.